The molecule has 306 valence electrons. The number of esters is 4. The third kappa shape index (κ3) is 14.3. The van der Waals surface area contributed by atoms with E-state index in [0.717, 1.165) is 27.9 Å². The quantitative estimate of drug-likeness (QED) is 0.0746. The van der Waals surface area contributed by atoms with Crippen molar-refractivity contribution >= 4 is 35.9 Å². The van der Waals surface area contributed by atoms with E-state index in [4.69, 9.17) is 53.8 Å². The normalized spacial score (nSPS) is 21.7. The van der Waals surface area contributed by atoms with Crippen LogP contribution in [0.4, 0.5) is 4.79 Å². The molecule has 0 bridgehead atoms. The van der Waals surface area contributed by atoms with E-state index in [1.807, 2.05) is 0 Å². The Bertz CT molecular complexity index is 1520. The summed E-state index contributed by atoms with van der Waals surface area (Å²) in [7, 11) is 2.34. The Labute approximate surface area is 318 Å². The van der Waals surface area contributed by atoms with Crippen molar-refractivity contribution in [2.45, 2.75) is 89.4 Å². The van der Waals surface area contributed by atoms with Crippen molar-refractivity contribution in [3.05, 3.63) is 29.8 Å². The highest BCUT2D eigenvalue weighted by Gasteiger charge is 2.64. The molecule has 0 aromatic heterocycles. The first-order valence-corrected chi connectivity index (χ1v) is 17.0. The third-order valence-electron chi connectivity index (χ3n) is 7.43. The van der Waals surface area contributed by atoms with Crippen molar-refractivity contribution in [1.29, 1.82) is 0 Å². The molecule has 3 N–H and O–H groups in total. The summed E-state index contributed by atoms with van der Waals surface area (Å²) in [4.78, 5) is 78.0. The topological polar surface area (TPSA) is 239 Å². The number of methoxy groups -OCH3 is 2. The van der Waals surface area contributed by atoms with Crippen molar-refractivity contribution in [2.24, 2.45) is 0 Å². The number of aliphatic hydroxyl groups excluding tert-OH is 1. The molecule has 0 saturated carbocycles. The van der Waals surface area contributed by atoms with Gasteiger partial charge in [0.15, 0.2) is 12.2 Å². The van der Waals surface area contributed by atoms with E-state index in [1.54, 1.807) is 26.8 Å². The zero-order chi connectivity index (χ0) is 41.3. The van der Waals surface area contributed by atoms with E-state index in [2.05, 4.69) is 16.6 Å². The van der Waals surface area contributed by atoms with Gasteiger partial charge in [0.2, 0.25) is 0 Å². The molecule has 1 aromatic rings. The van der Waals surface area contributed by atoms with Gasteiger partial charge in [-0.2, -0.15) is 0 Å². The van der Waals surface area contributed by atoms with E-state index in [0.29, 0.717) is 5.75 Å². The first kappa shape index (κ1) is 46.2. The van der Waals surface area contributed by atoms with Crippen LogP contribution in [-0.4, -0.2) is 143 Å². The van der Waals surface area contributed by atoms with Gasteiger partial charge in [0.1, 0.15) is 36.8 Å². The summed E-state index contributed by atoms with van der Waals surface area (Å²) in [5.74, 6) is -5.20. The Morgan fingerprint density at radius 1 is 0.927 bits per heavy atom. The van der Waals surface area contributed by atoms with Crippen LogP contribution in [0.15, 0.2) is 24.3 Å². The van der Waals surface area contributed by atoms with Gasteiger partial charge in [0.25, 0.3) is 11.7 Å². The number of aliphatic hydroxyl groups is 1. The fourth-order valence-electron chi connectivity index (χ4n) is 5.28. The van der Waals surface area contributed by atoms with Crippen molar-refractivity contribution < 1.29 is 81.2 Å². The van der Waals surface area contributed by atoms with Crippen molar-refractivity contribution in [3.8, 4) is 18.1 Å². The van der Waals surface area contributed by atoms with Crippen molar-refractivity contribution in [3.63, 3.8) is 0 Å². The molecule has 2 amide bonds. The molecule has 1 aliphatic rings. The van der Waals surface area contributed by atoms with Crippen molar-refractivity contribution in [1.82, 2.24) is 10.6 Å². The Hall–Kier alpha value is -5.00. The molecule has 19 nitrogen and oxygen atoms in total. The van der Waals surface area contributed by atoms with Crippen LogP contribution in [0.5, 0.6) is 5.75 Å². The second kappa shape index (κ2) is 21.8. The van der Waals surface area contributed by atoms with Crippen LogP contribution in [-0.2, 0) is 61.8 Å². The maximum Gasteiger partial charge on any atom is 0.408 e. The summed E-state index contributed by atoms with van der Waals surface area (Å²) >= 11 is 0. The van der Waals surface area contributed by atoms with Gasteiger partial charge in [-0.05, 0) is 39.0 Å². The minimum Gasteiger partial charge on any atom is -0.497 e. The summed E-state index contributed by atoms with van der Waals surface area (Å²) in [5.41, 5.74) is -1.07. The largest absolute Gasteiger partial charge is 0.497 e. The molecule has 19 heteroatoms. The number of hydrogen-bond acceptors (Lipinski definition) is 17. The zero-order valence-electron chi connectivity index (χ0n) is 32.1. The minimum absolute atomic E-state index is 0.0137. The van der Waals surface area contributed by atoms with E-state index < -0.39 is 97.0 Å². The van der Waals surface area contributed by atoms with E-state index in [1.165, 1.54) is 25.3 Å². The van der Waals surface area contributed by atoms with Gasteiger partial charge in [-0.15, -0.1) is 6.42 Å². The highest BCUT2D eigenvalue weighted by atomic mass is 16.8. The number of amides is 2. The van der Waals surface area contributed by atoms with Gasteiger partial charge in [0, 0.05) is 26.3 Å². The summed E-state index contributed by atoms with van der Waals surface area (Å²) in [5, 5.41) is 17.2. The molecule has 1 aromatic carbocycles. The molecule has 0 spiro atoms. The van der Waals surface area contributed by atoms with Crippen LogP contribution in [0.3, 0.4) is 0 Å². The summed E-state index contributed by atoms with van der Waals surface area (Å²) in [6.07, 6.45) is -3.59. The molecule has 0 unspecified atom stereocenters. The number of hydrogen-bond donors (Lipinski definition) is 3. The number of terminal acetylenes is 1. The lowest BCUT2D eigenvalue weighted by Gasteiger charge is -2.51. The van der Waals surface area contributed by atoms with E-state index in [9.17, 15) is 33.9 Å². The monoisotopic (exact) mass is 782 g/mol. The predicted molar refractivity (Wildman–Crippen MR) is 187 cm³/mol. The molecule has 7 atom stereocenters. The van der Waals surface area contributed by atoms with Crippen LogP contribution in [0.1, 0.15) is 51.9 Å². The van der Waals surface area contributed by atoms with Crippen LogP contribution < -0.4 is 15.4 Å². The average Bonchev–Trinajstić information content (AvgIpc) is 3.11. The fraction of sp³-hybridized carbons (Fsp3) is 0.611. The lowest BCUT2D eigenvalue weighted by molar-refractivity contribution is -0.336. The van der Waals surface area contributed by atoms with E-state index >= 15 is 0 Å². The van der Waals surface area contributed by atoms with Gasteiger partial charge >= 0.3 is 30.0 Å². The molecule has 0 aliphatic carbocycles. The average molecular weight is 783 g/mol. The highest BCUT2D eigenvalue weighted by Crippen LogP contribution is 2.36. The van der Waals surface area contributed by atoms with Crippen LogP contribution in [0.25, 0.3) is 0 Å². The molecule has 1 saturated heterocycles. The maximum absolute atomic E-state index is 13.9. The van der Waals surface area contributed by atoms with Crippen LogP contribution >= 0.6 is 0 Å². The number of nitrogens with one attached hydrogen (secondary N) is 2. The summed E-state index contributed by atoms with van der Waals surface area (Å²) in [6, 6.07) is 2.40. The molecule has 55 heavy (non-hydrogen) atoms. The molecular formula is C36H50N2O17. The first-order valence-electron chi connectivity index (χ1n) is 17.0. The molecule has 0 radical (unpaired) electrons. The Morgan fingerprint density at radius 2 is 1.58 bits per heavy atom. The van der Waals surface area contributed by atoms with Crippen LogP contribution in [0.2, 0.25) is 0 Å². The molecule has 1 aliphatic heterocycles. The molecule has 2 rings (SSSR count). The predicted octanol–water partition coefficient (Wildman–Crippen LogP) is 0.425. The maximum atomic E-state index is 13.9. The SMILES string of the molecule is C#CCOCCOCCO[C@@]1(C(=O)OC)O[C@@H]([C@H](OC(C)=O)[C@@H](COC(C)=O)OC(C)=O)[C@H](NC(=O)OC(C)(C)C)[C@@H](NC(=O)c2cccc(OC)c2)[C@@H]1O. The van der Waals surface area contributed by atoms with E-state index in [-0.39, 0.29) is 32.0 Å². The minimum atomic E-state index is -2.87. The zero-order valence-corrected chi connectivity index (χ0v) is 32.1. The Morgan fingerprint density at radius 3 is 2.16 bits per heavy atom. The second-order valence-corrected chi connectivity index (χ2v) is 12.8. The number of ether oxygens (including phenoxy) is 10. The van der Waals surface area contributed by atoms with Gasteiger partial charge in [-0.25, -0.2) is 9.59 Å². The standard InChI is InChI=1S/C36H50N2O17/c1-10-14-48-15-16-49-17-18-51-36(33(44)47-9)31(42)28(37-32(43)24-12-11-13-25(19-24)46-8)27(38-34(45)55-35(5,6)7)30(54-36)29(53-23(4)41)26(52-22(3)40)20-50-21(2)39/h1,11-13,19,26-31,42H,14-18,20H2,2-9H3,(H,37,43)(H,38,45)/t26-,27-,28-,29-,30-,31+,36-/m1/s1. The van der Waals surface area contributed by atoms with Gasteiger partial charge in [-0.1, -0.05) is 12.0 Å². The fourth-order valence-corrected chi connectivity index (χ4v) is 5.28. The number of carbonyl (C=O) groups is 6. The van der Waals surface area contributed by atoms with Gasteiger partial charge in [-0.3, -0.25) is 19.2 Å². The third-order valence-corrected chi connectivity index (χ3v) is 7.43. The number of rotatable bonds is 19. The second-order valence-electron chi connectivity index (χ2n) is 12.8. The molecular weight excluding hydrogens is 732 g/mol. The Kier molecular flexibility index (Phi) is 18.3. The summed E-state index contributed by atoms with van der Waals surface area (Å²) < 4.78 is 54.6. The highest BCUT2D eigenvalue weighted by molar-refractivity contribution is 5.95. The number of carbonyl (C=O) groups excluding carboxylic acids is 6. The Balaban J connectivity index is 2.85. The molecule has 1 fully saturated rings. The first-order chi connectivity index (χ1) is 25.9. The van der Waals surface area contributed by atoms with Crippen LogP contribution in [0, 0.1) is 12.3 Å². The summed E-state index contributed by atoms with van der Waals surface area (Å²) in [6.45, 7) is 6.59. The van der Waals surface area contributed by atoms with Gasteiger partial charge in [0.05, 0.1) is 52.7 Å². The van der Waals surface area contributed by atoms with Gasteiger partial charge < -0.3 is 63.1 Å². The number of alkyl carbamates (subject to hydrolysis) is 1. The smallest absolute Gasteiger partial charge is 0.408 e. The lowest BCUT2D eigenvalue weighted by Crippen LogP contribution is -2.78. The lowest BCUT2D eigenvalue weighted by atomic mass is 9.84. The molecule has 1 heterocycles. The van der Waals surface area contributed by atoms with Crippen molar-refractivity contribution in [2.75, 3.05) is 53.9 Å². The number of benzene rings is 1.